The molecule has 0 aliphatic rings. The number of hydrogen-bond donors (Lipinski definition) is 2. The number of benzene rings is 2. The van der Waals surface area contributed by atoms with Crippen molar-refractivity contribution in [3.8, 4) is 0 Å². The summed E-state index contributed by atoms with van der Waals surface area (Å²) >= 11 is 3.37. The van der Waals surface area contributed by atoms with Gasteiger partial charge in [-0.3, -0.25) is 4.79 Å². The Morgan fingerprint density at radius 2 is 1.85 bits per heavy atom. The molecule has 2 rings (SSSR count). The fraction of sp³-hybridized carbons (Fsp3) is 0.133. The Kier molecular flexibility index (Phi) is 4.39. The van der Waals surface area contributed by atoms with Gasteiger partial charge in [-0.1, -0.05) is 15.9 Å². The lowest BCUT2D eigenvalue weighted by molar-refractivity contribution is 0.102. The minimum atomic E-state index is -0.443. The summed E-state index contributed by atoms with van der Waals surface area (Å²) in [6, 6.07) is 9.62. The van der Waals surface area contributed by atoms with Gasteiger partial charge in [-0.05, 0) is 48.9 Å². The highest BCUT2D eigenvalue weighted by atomic mass is 79.9. The van der Waals surface area contributed by atoms with Crippen molar-refractivity contribution in [2.45, 2.75) is 6.92 Å². The lowest BCUT2D eigenvalue weighted by Crippen LogP contribution is -2.15. The van der Waals surface area contributed by atoms with Crippen molar-refractivity contribution in [3.63, 3.8) is 0 Å². The second-order valence-electron chi connectivity index (χ2n) is 4.35. The number of hydrogen-bond acceptors (Lipinski definition) is 2. The van der Waals surface area contributed by atoms with E-state index in [1.807, 2.05) is 19.1 Å². The molecule has 0 unspecified atom stereocenters. The van der Waals surface area contributed by atoms with Crippen LogP contribution in [0.2, 0.25) is 0 Å². The van der Waals surface area contributed by atoms with Gasteiger partial charge in [-0.2, -0.15) is 0 Å². The molecule has 0 aromatic heterocycles. The molecule has 5 heteroatoms. The second-order valence-corrected chi connectivity index (χ2v) is 5.27. The third kappa shape index (κ3) is 3.17. The van der Waals surface area contributed by atoms with Gasteiger partial charge in [0, 0.05) is 22.9 Å². The summed E-state index contributed by atoms with van der Waals surface area (Å²) in [6.07, 6.45) is 0. The molecule has 0 bridgehead atoms. The monoisotopic (exact) mass is 336 g/mol. The van der Waals surface area contributed by atoms with E-state index in [1.54, 1.807) is 19.2 Å². The van der Waals surface area contributed by atoms with Gasteiger partial charge < -0.3 is 10.6 Å². The number of anilines is 2. The summed E-state index contributed by atoms with van der Waals surface area (Å²) in [5.74, 6) is -0.791. The molecule has 2 N–H and O–H groups in total. The lowest BCUT2D eigenvalue weighted by Gasteiger charge is -2.12. The average Bonchev–Trinajstić information content (AvgIpc) is 2.41. The molecule has 104 valence electrons. The molecule has 20 heavy (non-hydrogen) atoms. The molecule has 0 fully saturated rings. The molecular weight excluding hydrogens is 323 g/mol. The zero-order valence-electron chi connectivity index (χ0n) is 11.1. The van der Waals surface area contributed by atoms with Gasteiger partial charge in [0.1, 0.15) is 5.82 Å². The number of amides is 1. The first-order chi connectivity index (χ1) is 9.51. The van der Waals surface area contributed by atoms with Crippen LogP contribution >= 0.6 is 15.9 Å². The topological polar surface area (TPSA) is 41.1 Å². The van der Waals surface area contributed by atoms with E-state index in [9.17, 15) is 9.18 Å². The number of aryl methyl sites for hydroxylation is 1. The van der Waals surface area contributed by atoms with Crippen molar-refractivity contribution in [1.82, 2.24) is 0 Å². The van der Waals surface area contributed by atoms with Crippen molar-refractivity contribution < 1.29 is 9.18 Å². The second kappa shape index (κ2) is 6.05. The fourth-order valence-electron chi connectivity index (χ4n) is 1.88. The molecule has 2 aromatic rings. The molecule has 0 saturated carbocycles. The first kappa shape index (κ1) is 14.5. The number of rotatable bonds is 3. The summed E-state index contributed by atoms with van der Waals surface area (Å²) in [5, 5.41) is 5.67. The number of carbonyl (C=O) groups is 1. The van der Waals surface area contributed by atoms with Crippen molar-refractivity contribution in [2.75, 3.05) is 17.7 Å². The van der Waals surface area contributed by atoms with E-state index in [0.29, 0.717) is 11.4 Å². The maximum Gasteiger partial charge on any atom is 0.257 e. The maximum absolute atomic E-state index is 13.3. The Bertz CT molecular complexity index is 658. The molecule has 1 amide bonds. The van der Waals surface area contributed by atoms with E-state index in [1.165, 1.54) is 12.1 Å². The first-order valence-electron chi connectivity index (χ1n) is 6.06. The Balaban J connectivity index is 2.30. The third-order valence-corrected chi connectivity index (χ3v) is 3.43. The Morgan fingerprint density at radius 3 is 2.50 bits per heavy atom. The van der Waals surface area contributed by atoms with E-state index in [0.717, 1.165) is 10.0 Å². The Morgan fingerprint density at radius 1 is 1.15 bits per heavy atom. The van der Waals surface area contributed by atoms with E-state index in [-0.39, 0.29) is 11.5 Å². The van der Waals surface area contributed by atoms with Crippen LogP contribution in [0.15, 0.2) is 40.9 Å². The fourth-order valence-corrected chi connectivity index (χ4v) is 2.35. The molecule has 0 aliphatic heterocycles. The number of halogens is 2. The van der Waals surface area contributed by atoms with Crippen molar-refractivity contribution in [3.05, 3.63) is 57.8 Å². The van der Waals surface area contributed by atoms with Gasteiger partial charge in [0.25, 0.3) is 5.91 Å². The average molecular weight is 337 g/mol. The van der Waals surface area contributed by atoms with Crippen LogP contribution in [0.1, 0.15) is 15.9 Å². The zero-order valence-corrected chi connectivity index (χ0v) is 12.7. The molecule has 0 aliphatic carbocycles. The third-order valence-electron chi connectivity index (χ3n) is 2.93. The maximum atomic E-state index is 13.3. The van der Waals surface area contributed by atoms with Crippen LogP contribution in [-0.4, -0.2) is 13.0 Å². The highest BCUT2D eigenvalue weighted by Crippen LogP contribution is 2.22. The van der Waals surface area contributed by atoms with Gasteiger partial charge in [-0.25, -0.2) is 4.39 Å². The SMILES string of the molecule is CNc1ccc(F)cc1C(=O)Nc1ccc(Br)cc1C. The van der Waals surface area contributed by atoms with Crippen LogP contribution in [0.3, 0.4) is 0 Å². The van der Waals surface area contributed by atoms with Crippen LogP contribution in [0.5, 0.6) is 0 Å². The normalized spacial score (nSPS) is 10.2. The van der Waals surface area contributed by atoms with Crippen LogP contribution in [0.4, 0.5) is 15.8 Å². The molecule has 0 saturated heterocycles. The molecule has 2 aromatic carbocycles. The molecule has 0 spiro atoms. The summed E-state index contributed by atoms with van der Waals surface area (Å²) in [6.45, 7) is 1.89. The van der Waals surface area contributed by atoms with Gasteiger partial charge in [0.2, 0.25) is 0 Å². The van der Waals surface area contributed by atoms with Gasteiger partial charge >= 0.3 is 0 Å². The summed E-state index contributed by atoms with van der Waals surface area (Å²) < 4.78 is 14.2. The highest BCUT2D eigenvalue weighted by molar-refractivity contribution is 9.10. The van der Waals surface area contributed by atoms with Gasteiger partial charge in [0.15, 0.2) is 0 Å². The lowest BCUT2D eigenvalue weighted by atomic mass is 10.1. The number of nitrogens with one attached hydrogen (secondary N) is 2. The number of carbonyl (C=O) groups excluding carboxylic acids is 1. The quantitative estimate of drug-likeness (QED) is 0.882. The first-order valence-corrected chi connectivity index (χ1v) is 6.85. The smallest absolute Gasteiger partial charge is 0.257 e. The standard InChI is InChI=1S/C15H14BrFN2O/c1-9-7-10(16)3-5-13(9)19-15(20)12-8-11(17)4-6-14(12)18-2/h3-8,18H,1-2H3,(H,19,20). The van der Waals surface area contributed by atoms with Crippen LogP contribution in [0, 0.1) is 12.7 Å². The zero-order chi connectivity index (χ0) is 14.7. The van der Waals surface area contributed by atoms with Gasteiger partial charge in [0.05, 0.1) is 5.56 Å². The van der Waals surface area contributed by atoms with E-state index < -0.39 is 5.82 Å². The Labute approximate surface area is 125 Å². The van der Waals surface area contributed by atoms with Gasteiger partial charge in [-0.15, -0.1) is 0 Å². The molecule has 0 atom stereocenters. The van der Waals surface area contributed by atoms with Crippen molar-refractivity contribution >= 4 is 33.2 Å². The predicted octanol–water partition coefficient (Wildman–Crippen LogP) is 4.19. The molecule has 3 nitrogen and oxygen atoms in total. The van der Waals surface area contributed by atoms with Crippen LogP contribution < -0.4 is 10.6 Å². The van der Waals surface area contributed by atoms with E-state index in [2.05, 4.69) is 26.6 Å². The largest absolute Gasteiger partial charge is 0.387 e. The van der Waals surface area contributed by atoms with Crippen molar-refractivity contribution in [1.29, 1.82) is 0 Å². The summed E-state index contributed by atoms with van der Waals surface area (Å²) in [4.78, 5) is 12.3. The minimum absolute atomic E-state index is 0.273. The van der Waals surface area contributed by atoms with E-state index in [4.69, 9.17) is 0 Å². The minimum Gasteiger partial charge on any atom is -0.387 e. The van der Waals surface area contributed by atoms with Crippen LogP contribution in [0.25, 0.3) is 0 Å². The molecule has 0 radical (unpaired) electrons. The Hall–Kier alpha value is -1.88. The summed E-state index contributed by atoms with van der Waals surface area (Å²) in [7, 11) is 1.69. The van der Waals surface area contributed by atoms with Crippen molar-refractivity contribution in [2.24, 2.45) is 0 Å². The van der Waals surface area contributed by atoms with Crippen LogP contribution in [-0.2, 0) is 0 Å². The highest BCUT2D eigenvalue weighted by Gasteiger charge is 2.13. The van der Waals surface area contributed by atoms with E-state index >= 15 is 0 Å². The predicted molar refractivity (Wildman–Crippen MR) is 82.8 cm³/mol. The molecule has 0 heterocycles. The summed E-state index contributed by atoms with van der Waals surface area (Å²) in [5.41, 5.74) is 2.48. The molecular formula is C15H14BrFN2O.